The van der Waals surface area contributed by atoms with Crippen molar-refractivity contribution >= 4 is 56.8 Å². The zero-order valence-corrected chi connectivity index (χ0v) is 36.1. The molecule has 0 fully saturated rings. The van der Waals surface area contributed by atoms with E-state index >= 15 is 0 Å². The van der Waals surface area contributed by atoms with E-state index < -0.39 is 34.8 Å². The van der Waals surface area contributed by atoms with Gasteiger partial charge in [0.2, 0.25) is 5.82 Å². The number of aromatic nitrogens is 2. The van der Waals surface area contributed by atoms with Gasteiger partial charge in [0.25, 0.3) is 0 Å². The van der Waals surface area contributed by atoms with E-state index in [1.54, 1.807) is 6.07 Å². The van der Waals surface area contributed by atoms with Crippen molar-refractivity contribution in [2.24, 2.45) is 4.99 Å². The van der Waals surface area contributed by atoms with Crippen molar-refractivity contribution in [1.82, 2.24) is 8.75 Å². The lowest BCUT2D eigenvalue weighted by molar-refractivity contribution is 0.259. The van der Waals surface area contributed by atoms with Crippen LogP contribution in [0.4, 0.5) is 27.6 Å². The van der Waals surface area contributed by atoms with Crippen LogP contribution in [-0.2, 0) is 0 Å². The minimum atomic E-state index is -2.22. The summed E-state index contributed by atoms with van der Waals surface area (Å²) in [6.45, 7) is 5.48. The van der Waals surface area contributed by atoms with E-state index in [-0.39, 0.29) is 5.71 Å². The molecule has 0 spiro atoms. The van der Waals surface area contributed by atoms with Gasteiger partial charge < -0.3 is 9.47 Å². The number of rotatable bonds is 26. The molecule has 0 atom stereocenters. The Morgan fingerprint density at radius 3 is 1.71 bits per heavy atom. The normalized spacial score (nSPS) is 12.9. The van der Waals surface area contributed by atoms with Gasteiger partial charge in [-0.15, -0.1) is 22.7 Å². The Bertz CT molecular complexity index is 2100. The van der Waals surface area contributed by atoms with Crippen LogP contribution in [0.2, 0.25) is 0 Å². The van der Waals surface area contributed by atoms with Gasteiger partial charge in [-0.3, -0.25) is 0 Å². The summed E-state index contributed by atoms with van der Waals surface area (Å²) in [5.41, 5.74) is 1.99. The Kier molecular flexibility index (Phi) is 16.9. The van der Waals surface area contributed by atoms with Gasteiger partial charge in [-0.05, 0) is 30.4 Å². The number of benzene rings is 2. The van der Waals surface area contributed by atoms with Crippen LogP contribution in [0.25, 0.3) is 31.2 Å². The molecule has 0 unspecified atom stereocenters. The highest BCUT2D eigenvalue weighted by molar-refractivity contribution is 7.24. The number of ether oxygens (including phenoxy) is 2. The zero-order chi connectivity index (χ0) is 40.9. The average Bonchev–Trinajstić information content (AvgIpc) is 4.04. The second kappa shape index (κ2) is 22.3. The lowest BCUT2D eigenvalue weighted by atomic mass is 10.1. The second-order valence-corrected chi connectivity index (χ2v) is 17.7. The van der Waals surface area contributed by atoms with E-state index in [9.17, 15) is 22.0 Å². The van der Waals surface area contributed by atoms with Crippen LogP contribution >= 0.6 is 34.4 Å². The number of fused-ring (bicyclic) bond motifs is 4. The van der Waals surface area contributed by atoms with E-state index in [0.29, 0.717) is 52.4 Å². The number of aliphatic imine (C=N–C) groups is 1. The first-order chi connectivity index (χ1) is 28.3. The van der Waals surface area contributed by atoms with Gasteiger partial charge >= 0.3 is 0 Å². The molecule has 1 aliphatic rings. The molecule has 1 aliphatic carbocycles. The molecule has 5 nitrogen and oxygen atoms in total. The molecule has 2 aromatic carbocycles. The summed E-state index contributed by atoms with van der Waals surface area (Å²) in [4.78, 5) is 6.44. The molecule has 0 saturated heterocycles. The van der Waals surface area contributed by atoms with Gasteiger partial charge in [0.1, 0.15) is 16.7 Å². The quantitative estimate of drug-likeness (QED) is 0.0236. The molecule has 3 heterocycles. The molecular formula is C45H54F5N3O2S3. The van der Waals surface area contributed by atoms with Crippen LogP contribution in [0, 0.1) is 29.1 Å². The SMILES string of the molecule is CCCCCCCCCCCCOc1cc2nsnc2c(-c2cc3c(s2)-c2sccc2C3=Nc2c(F)c(F)c(F)c(F)c2F)c1OCCCCCCCCCCCC. The fourth-order valence-corrected chi connectivity index (χ4v) is 10.3. The standard InChI is InChI=1S/C45H54F5N3O2S3/c1-3-5-7-9-11-13-15-17-19-21-24-54-32-28-31-41(53-58-52-31)34(43(32)55-25-22-20-18-16-14-12-10-8-6-4-2)33-27-30-40(29-23-26-56-44(29)45(30)57-33)51-42-38(49)36(47)35(46)37(48)39(42)50/h23,26-28H,3-22,24-25H2,1-2H3. The molecular weight excluding hydrogens is 806 g/mol. The number of halogens is 5. The van der Waals surface area contributed by atoms with Gasteiger partial charge in [0.15, 0.2) is 34.8 Å². The smallest absolute Gasteiger partial charge is 0.200 e. The Hall–Kier alpha value is -3.42. The number of hydrogen-bond donors (Lipinski definition) is 0. The van der Waals surface area contributed by atoms with Crippen molar-refractivity contribution in [3.63, 3.8) is 0 Å². The van der Waals surface area contributed by atoms with E-state index in [1.165, 1.54) is 119 Å². The first kappa shape index (κ1) is 44.1. The van der Waals surface area contributed by atoms with Crippen LogP contribution in [0.3, 0.4) is 0 Å². The molecule has 0 saturated carbocycles. The molecule has 13 heteroatoms. The molecule has 0 radical (unpaired) electrons. The third-order valence-corrected chi connectivity index (χ3v) is 13.5. The predicted molar refractivity (Wildman–Crippen MR) is 230 cm³/mol. The molecule has 5 aromatic rings. The van der Waals surface area contributed by atoms with Crippen molar-refractivity contribution in [1.29, 1.82) is 0 Å². The Morgan fingerprint density at radius 1 is 0.586 bits per heavy atom. The first-order valence-electron chi connectivity index (χ1n) is 21.2. The van der Waals surface area contributed by atoms with E-state index in [0.717, 1.165) is 58.5 Å². The Labute approximate surface area is 351 Å². The first-order valence-corrected chi connectivity index (χ1v) is 23.7. The zero-order valence-electron chi connectivity index (χ0n) is 33.6. The molecule has 58 heavy (non-hydrogen) atoms. The summed E-state index contributed by atoms with van der Waals surface area (Å²) in [7, 11) is 0. The largest absolute Gasteiger partial charge is 0.490 e. The molecule has 314 valence electrons. The minimum absolute atomic E-state index is 0.130. The highest BCUT2D eigenvalue weighted by Gasteiger charge is 2.33. The lowest BCUT2D eigenvalue weighted by Gasteiger charge is -2.17. The maximum absolute atomic E-state index is 14.9. The number of thiophene rings is 2. The van der Waals surface area contributed by atoms with Crippen molar-refractivity contribution < 1.29 is 31.4 Å². The fourth-order valence-electron chi connectivity index (χ4n) is 7.50. The fraction of sp³-hybridized carbons (Fsp3) is 0.533. The van der Waals surface area contributed by atoms with E-state index in [4.69, 9.17) is 9.47 Å². The Balaban J connectivity index is 1.24. The van der Waals surface area contributed by atoms with Crippen LogP contribution in [0.1, 0.15) is 153 Å². The lowest BCUT2D eigenvalue weighted by Crippen LogP contribution is -2.05. The van der Waals surface area contributed by atoms with Crippen LogP contribution < -0.4 is 9.47 Å². The predicted octanol–water partition coefficient (Wildman–Crippen LogP) is 15.9. The molecule has 0 bridgehead atoms. The maximum atomic E-state index is 14.9. The summed E-state index contributed by atoms with van der Waals surface area (Å²) < 4.78 is 94.7. The summed E-state index contributed by atoms with van der Waals surface area (Å²) >= 11 is 3.94. The summed E-state index contributed by atoms with van der Waals surface area (Å²) in [6, 6.07) is 5.47. The molecule has 0 aliphatic heterocycles. The van der Waals surface area contributed by atoms with E-state index in [2.05, 4.69) is 27.6 Å². The van der Waals surface area contributed by atoms with Crippen molar-refractivity contribution in [3.8, 4) is 31.7 Å². The third-order valence-electron chi connectivity index (χ3n) is 10.7. The van der Waals surface area contributed by atoms with Gasteiger partial charge in [0, 0.05) is 22.1 Å². The number of nitrogens with zero attached hydrogens (tertiary/aromatic N) is 3. The monoisotopic (exact) mass is 859 g/mol. The summed E-state index contributed by atoms with van der Waals surface area (Å²) in [5.74, 6) is -9.10. The third kappa shape index (κ3) is 10.7. The van der Waals surface area contributed by atoms with E-state index in [1.807, 2.05) is 17.5 Å². The molecule has 6 rings (SSSR count). The number of unbranched alkanes of at least 4 members (excludes halogenated alkanes) is 18. The average molecular weight is 860 g/mol. The van der Waals surface area contributed by atoms with Crippen LogP contribution in [0.15, 0.2) is 28.6 Å². The van der Waals surface area contributed by atoms with Crippen LogP contribution in [-0.4, -0.2) is 27.7 Å². The summed E-state index contributed by atoms with van der Waals surface area (Å²) in [6.07, 6.45) is 24.2. The van der Waals surface area contributed by atoms with Crippen LogP contribution in [0.5, 0.6) is 11.5 Å². The molecule has 0 amide bonds. The van der Waals surface area contributed by atoms with Gasteiger partial charge in [-0.2, -0.15) is 8.75 Å². The van der Waals surface area contributed by atoms with Gasteiger partial charge in [-0.1, -0.05) is 129 Å². The highest BCUT2D eigenvalue weighted by Crippen LogP contribution is 2.53. The summed E-state index contributed by atoms with van der Waals surface area (Å²) in [5, 5.41) is 1.81. The van der Waals surface area contributed by atoms with Crippen molar-refractivity contribution in [2.45, 2.75) is 142 Å². The van der Waals surface area contributed by atoms with Crippen molar-refractivity contribution in [2.75, 3.05) is 13.2 Å². The maximum Gasteiger partial charge on any atom is 0.200 e. The topological polar surface area (TPSA) is 56.6 Å². The van der Waals surface area contributed by atoms with Gasteiger partial charge in [-0.25, -0.2) is 26.9 Å². The number of hydrogen-bond acceptors (Lipinski definition) is 8. The van der Waals surface area contributed by atoms with Crippen molar-refractivity contribution in [3.05, 3.63) is 63.8 Å². The second-order valence-electron chi connectivity index (χ2n) is 15.2. The van der Waals surface area contributed by atoms with Gasteiger partial charge in [0.05, 0.1) is 46.0 Å². The highest BCUT2D eigenvalue weighted by atomic mass is 32.1. The Morgan fingerprint density at radius 2 is 1.12 bits per heavy atom. The molecule has 3 aromatic heterocycles. The molecule has 0 N–H and O–H groups in total. The minimum Gasteiger partial charge on any atom is -0.490 e.